The molecule has 15 heavy (non-hydrogen) atoms. The topological polar surface area (TPSA) is 35.2 Å². The molecule has 2 N–H and O–H groups in total. The SMILES string of the molecule is Cc1ccc2c(c1)C(N)CC(C(C)C)O2. The molecule has 1 aliphatic heterocycles. The average Bonchev–Trinajstić information content (AvgIpc) is 2.18. The molecule has 82 valence electrons. The Morgan fingerprint density at radius 2 is 2.13 bits per heavy atom. The summed E-state index contributed by atoms with van der Waals surface area (Å²) in [6.07, 6.45) is 1.18. The molecule has 2 atom stereocenters. The van der Waals surface area contributed by atoms with E-state index >= 15 is 0 Å². The minimum absolute atomic E-state index is 0.126. The van der Waals surface area contributed by atoms with Gasteiger partial charge in [-0.15, -0.1) is 0 Å². The Kier molecular flexibility index (Phi) is 2.70. The van der Waals surface area contributed by atoms with Gasteiger partial charge < -0.3 is 10.5 Å². The van der Waals surface area contributed by atoms with Crippen LogP contribution in [-0.2, 0) is 0 Å². The fourth-order valence-corrected chi connectivity index (χ4v) is 2.06. The Morgan fingerprint density at radius 3 is 2.80 bits per heavy atom. The molecule has 1 aliphatic rings. The monoisotopic (exact) mass is 205 g/mol. The van der Waals surface area contributed by atoms with E-state index in [0.717, 1.165) is 17.7 Å². The average molecular weight is 205 g/mol. The maximum Gasteiger partial charge on any atom is 0.124 e. The zero-order valence-corrected chi connectivity index (χ0v) is 9.66. The number of benzene rings is 1. The largest absolute Gasteiger partial charge is 0.490 e. The predicted molar refractivity (Wildman–Crippen MR) is 62.0 cm³/mol. The fraction of sp³-hybridized carbons (Fsp3) is 0.538. The van der Waals surface area contributed by atoms with Crippen molar-refractivity contribution >= 4 is 0 Å². The van der Waals surface area contributed by atoms with Gasteiger partial charge in [-0.05, 0) is 18.9 Å². The van der Waals surface area contributed by atoms with Gasteiger partial charge in [0.25, 0.3) is 0 Å². The van der Waals surface area contributed by atoms with Gasteiger partial charge in [-0.25, -0.2) is 0 Å². The summed E-state index contributed by atoms with van der Waals surface area (Å²) in [5, 5.41) is 0. The summed E-state index contributed by atoms with van der Waals surface area (Å²) in [6.45, 7) is 6.44. The van der Waals surface area contributed by atoms with Gasteiger partial charge >= 0.3 is 0 Å². The summed E-state index contributed by atoms with van der Waals surface area (Å²) in [5.41, 5.74) is 8.57. The lowest BCUT2D eigenvalue weighted by Gasteiger charge is -2.32. The minimum atomic E-state index is 0.126. The molecule has 0 amide bonds. The summed E-state index contributed by atoms with van der Waals surface area (Å²) in [5.74, 6) is 1.49. The van der Waals surface area contributed by atoms with Crippen molar-refractivity contribution < 1.29 is 4.74 Å². The van der Waals surface area contributed by atoms with Crippen molar-refractivity contribution in [3.05, 3.63) is 29.3 Å². The van der Waals surface area contributed by atoms with Gasteiger partial charge in [-0.3, -0.25) is 0 Å². The first-order chi connectivity index (χ1) is 7.08. The van der Waals surface area contributed by atoms with Crippen molar-refractivity contribution in [2.24, 2.45) is 11.7 Å². The lowest BCUT2D eigenvalue weighted by molar-refractivity contribution is 0.115. The molecule has 1 aromatic rings. The zero-order valence-electron chi connectivity index (χ0n) is 9.66. The van der Waals surface area contributed by atoms with Crippen LogP contribution in [0.5, 0.6) is 5.75 Å². The molecule has 0 fully saturated rings. The smallest absolute Gasteiger partial charge is 0.124 e. The summed E-state index contributed by atoms with van der Waals surface area (Å²) in [4.78, 5) is 0. The number of ether oxygens (including phenoxy) is 1. The van der Waals surface area contributed by atoms with Crippen molar-refractivity contribution in [2.45, 2.75) is 39.3 Å². The molecule has 0 radical (unpaired) electrons. The van der Waals surface area contributed by atoms with Gasteiger partial charge in [0.15, 0.2) is 0 Å². The molecular weight excluding hydrogens is 186 g/mol. The Balaban J connectivity index is 2.32. The summed E-state index contributed by atoms with van der Waals surface area (Å²) < 4.78 is 5.94. The maximum atomic E-state index is 6.16. The minimum Gasteiger partial charge on any atom is -0.490 e. The molecule has 0 saturated carbocycles. The molecule has 1 heterocycles. The third kappa shape index (κ3) is 2.00. The third-order valence-corrected chi connectivity index (χ3v) is 3.07. The van der Waals surface area contributed by atoms with E-state index in [1.54, 1.807) is 0 Å². The van der Waals surface area contributed by atoms with Crippen molar-refractivity contribution in [2.75, 3.05) is 0 Å². The number of hydrogen-bond acceptors (Lipinski definition) is 2. The van der Waals surface area contributed by atoms with Crippen LogP contribution in [0.3, 0.4) is 0 Å². The van der Waals surface area contributed by atoms with Crippen LogP contribution < -0.4 is 10.5 Å². The Bertz CT molecular complexity index is 360. The number of fused-ring (bicyclic) bond motifs is 1. The Labute approximate surface area is 91.4 Å². The quantitative estimate of drug-likeness (QED) is 0.765. The number of aryl methyl sites for hydroxylation is 1. The van der Waals surface area contributed by atoms with E-state index in [9.17, 15) is 0 Å². The van der Waals surface area contributed by atoms with Gasteiger partial charge in [0.2, 0.25) is 0 Å². The molecule has 0 aromatic heterocycles. The molecule has 0 bridgehead atoms. The van der Waals surface area contributed by atoms with Crippen LogP contribution >= 0.6 is 0 Å². The highest BCUT2D eigenvalue weighted by Crippen LogP contribution is 2.35. The highest BCUT2D eigenvalue weighted by atomic mass is 16.5. The van der Waals surface area contributed by atoms with Crippen LogP contribution in [0.1, 0.15) is 37.4 Å². The number of nitrogens with two attached hydrogens (primary N) is 1. The van der Waals surface area contributed by atoms with E-state index in [2.05, 4.69) is 32.9 Å². The van der Waals surface area contributed by atoms with Gasteiger partial charge in [0, 0.05) is 18.0 Å². The van der Waals surface area contributed by atoms with Crippen LogP contribution in [0.25, 0.3) is 0 Å². The van der Waals surface area contributed by atoms with Crippen LogP contribution in [-0.4, -0.2) is 6.10 Å². The molecule has 2 nitrogen and oxygen atoms in total. The first-order valence-corrected chi connectivity index (χ1v) is 5.60. The number of rotatable bonds is 1. The van der Waals surface area contributed by atoms with Crippen molar-refractivity contribution in [1.82, 2.24) is 0 Å². The molecule has 2 unspecified atom stereocenters. The standard InChI is InChI=1S/C13H19NO/c1-8(2)13-7-11(14)10-6-9(3)4-5-12(10)15-13/h4-6,8,11,13H,7,14H2,1-3H3. The predicted octanol–water partition coefficient (Wildman–Crippen LogP) is 2.80. The second-order valence-corrected chi connectivity index (χ2v) is 4.78. The lowest BCUT2D eigenvalue weighted by Crippen LogP contribution is -2.33. The van der Waals surface area contributed by atoms with E-state index in [1.807, 2.05) is 6.07 Å². The summed E-state index contributed by atoms with van der Waals surface area (Å²) in [6, 6.07) is 6.38. The van der Waals surface area contributed by atoms with E-state index in [-0.39, 0.29) is 12.1 Å². The molecule has 2 rings (SSSR count). The summed E-state index contributed by atoms with van der Waals surface area (Å²) in [7, 11) is 0. The fourth-order valence-electron chi connectivity index (χ4n) is 2.06. The van der Waals surface area contributed by atoms with Gasteiger partial charge in [0.05, 0.1) is 0 Å². The van der Waals surface area contributed by atoms with Crippen LogP contribution in [0.4, 0.5) is 0 Å². The third-order valence-electron chi connectivity index (χ3n) is 3.07. The second kappa shape index (κ2) is 3.86. The molecule has 0 spiro atoms. The molecule has 0 aliphatic carbocycles. The van der Waals surface area contributed by atoms with E-state index in [4.69, 9.17) is 10.5 Å². The zero-order chi connectivity index (χ0) is 11.0. The highest BCUT2D eigenvalue weighted by molar-refractivity contribution is 5.40. The van der Waals surface area contributed by atoms with Crippen LogP contribution in [0.2, 0.25) is 0 Å². The van der Waals surface area contributed by atoms with Crippen molar-refractivity contribution in [1.29, 1.82) is 0 Å². The van der Waals surface area contributed by atoms with Crippen LogP contribution in [0.15, 0.2) is 18.2 Å². The normalized spacial score (nSPS) is 24.9. The van der Waals surface area contributed by atoms with Crippen molar-refractivity contribution in [3.8, 4) is 5.75 Å². The van der Waals surface area contributed by atoms with Crippen molar-refractivity contribution in [3.63, 3.8) is 0 Å². The first-order valence-electron chi connectivity index (χ1n) is 5.60. The van der Waals surface area contributed by atoms with E-state index in [1.165, 1.54) is 5.56 Å². The Hall–Kier alpha value is -1.02. The van der Waals surface area contributed by atoms with Gasteiger partial charge in [-0.2, -0.15) is 0 Å². The molecular formula is C13H19NO. The van der Waals surface area contributed by atoms with Gasteiger partial charge in [-0.1, -0.05) is 31.5 Å². The maximum absolute atomic E-state index is 6.16. The van der Waals surface area contributed by atoms with Crippen LogP contribution in [0, 0.1) is 12.8 Å². The van der Waals surface area contributed by atoms with E-state index in [0.29, 0.717) is 5.92 Å². The summed E-state index contributed by atoms with van der Waals surface area (Å²) >= 11 is 0. The molecule has 2 heteroatoms. The highest BCUT2D eigenvalue weighted by Gasteiger charge is 2.27. The lowest BCUT2D eigenvalue weighted by atomic mass is 9.91. The molecule has 1 aromatic carbocycles. The van der Waals surface area contributed by atoms with E-state index < -0.39 is 0 Å². The Morgan fingerprint density at radius 1 is 1.40 bits per heavy atom. The second-order valence-electron chi connectivity index (χ2n) is 4.78. The first kappa shape index (κ1) is 10.5. The number of hydrogen-bond donors (Lipinski definition) is 1. The van der Waals surface area contributed by atoms with Gasteiger partial charge in [0.1, 0.15) is 11.9 Å². The molecule has 0 saturated heterocycles.